The van der Waals surface area contributed by atoms with Gasteiger partial charge in [0.15, 0.2) is 0 Å². The molecule has 2 aromatic carbocycles. The van der Waals surface area contributed by atoms with Crippen molar-refractivity contribution < 1.29 is 14.3 Å². The Morgan fingerprint density at radius 1 is 0.943 bits per heavy atom. The predicted molar refractivity (Wildman–Crippen MR) is 134 cm³/mol. The SMILES string of the molecule is Cc1ccc(Cl)c(OCc2cccc(C(=O)Nc3cnn(C)c3C(=O)Nc3cnn(C)c3C)c2)c1. The molecular formula is C25H25ClN6O3. The van der Waals surface area contributed by atoms with E-state index < -0.39 is 5.91 Å². The average molecular weight is 493 g/mol. The summed E-state index contributed by atoms with van der Waals surface area (Å²) in [6, 6.07) is 12.6. The van der Waals surface area contributed by atoms with E-state index in [2.05, 4.69) is 20.8 Å². The van der Waals surface area contributed by atoms with E-state index in [4.69, 9.17) is 16.3 Å². The summed E-state index contributed by atoms with van der Waals surface area (Å²) in [5, 5.41) is 14.4. The molecular weight excluding hydrogens is 468 g/mol. The molecule has 2 amide bonds. The highest BCUT2D eigenvalue weighted by Gasteiger charge is 2.21. The Balaban J connectivity index is 1.47. The molecule has 9 nitrogen and oxygen atoms in total. The van der Waals surface area contributed by atoms with E-state index in [1.165, 1.54) is 10.9 Å². The van der Waals surface area contributed by atoms with Crippen molar-refractivity contribution in [1.29, 1.82) is 0 Å². The standard InChI is InChI=1S/C25H25ClN6O3/c1-15-8-9-19(26)22(10-15)35-14-17-6-5-7-18(11-17)24(33)30-21-13-28-32(4)23(21)25(34)29-20-12-27-31(3)16(20)2/h5-13H,14H2,1-4H3,(H,29,34)(H,30,33). The molecule has 10 heteroatoms. The van der Waals surface area contributed by atoms with Gasteiger partial charge in [-0.25, -0.2) is 0 Å². The fourth-order valence-corrected chi connectivity index (χ4v) is 3.65. The van der Waals surface area contributed by atoms with Crippen LogP contribution in [0.1, 0.15) is 37.7 Å². The molecule has 0 bridgehead atoms. The lowest BCUT2D eigenvalue weighted by molar-refractivity contribution is 0.101. The minimum atomic E-state index is -0.409. The van der Waals surface area contributed by atoms with Crippen LogP contribution in [0.25, 0.3) is 0 Å². The van der Waals surface area contributed by atoms with E-state index in [-0.39, 0.29) is 18.2 Å². The lowest BCUT2D eigenvalue weighted by Crippen LogP contribution is -2.20. The Hall–Kier alpha value is -4.11. The summed E-state index contributed by atoms with van der Waals surface area (Å²) < 4.78 is 8.91. The normalized spacial score (nSPS) is 10.8. The molecule has 4 rings (SSSR count). The number of hydrogen-bond donors (Lipinski definition) is 2. The van der Waals surface area contributed by atoms with Crippen molar-refractivity contribution in [3.63, 3.8) is 0 Å². The maximum atomic E-state index is 13.0. The van der Waals surface area contributed by atoms with Gasteiger partial charge in [0.25, 0.3) is 11.8 Å². The highest BCUT2D eigenvalue weighted by Crippen LogP contribution is 2.26. The first-order valence-electron chi connectivity index (χ1n) is 10.8. The van der Waals surface area contributed by atoms with Gasteiger partial charge in [0.1, 0.15) is 18.1 Å². The van der Waals surface area contributed by atoms with Crippen molar-refractivity contribution in [3.05, 3.63) is 88.0 Å². The monoisotopic (exact) mass is 492 g/mol. The van der Waals surface area contributed by atoms with Gasteiger partial charge in [-0.2, -0.15) is 10.2 Å². The number of ether oxygens (including phenoxy) is 1. The van der Waals surface area contributed by atoms with E-state index >= 15 is 0 Å². The number of carbonyl (C=O) groups is 2. The Bertz CT molecular complexity index is 1410. The van der Waals surface area contributed by atoms with Gasteiger partial charge in [0.05, 0.1) is 34.5 Å². The minimum absolute atomic E-state index is 0.218. The smallest absolute Gasteiger partial charge is 0.276 e. The molecule has 0 radical (unpaired) electrons. The van der Waals surface area contributed by atoms with Crippen LogP contribution in [0.4, 0.5) is 11.4 Å². The highest BCUT2D eigenvalue weighted by molar-refractivity contribution is 6.32. The van der Waals surface area contributed by atoms with Gasteiger partial charge in [-0.3, -0.25) is 19.0 Å². The predicted octanol–water partition coefficient (Wildman–Crippen LogP) is 4.51. The van der Waals surface area contributed by atoms with Crippen LogP contribution in [0.15, 0.2) is 54.9 Å². The molecule has 0 atom stereocenters. The first kappa shape index (κ1) is 24.0. The molecule has 2 heterocycles. The first-order valence-corrected chi connectivity index (χ1v) is 11.2. The van der Waals surface area contributed by atoms with Crippen LogP contribution < -0.4 is 15.4 Å². The maximum absolute atomic E-state index is 13.0. The minimum Gasteiger partial charge on any atom is -0.487 e. The molecule has 0 saturated carbocycles. The van der Waals surface area contributed by atoms with E-state index in [1.807, 2.05) is 32.0 Å². The third kappa shape index (κ3) is 5.36. The molecule has 0 aliphatic carbocycles. The van der Waals surface area contributed by atoms with E-state index in [1.54, 1.807) is 49.2 Å². The molecule has 0 spiro atoms. The maximum Gasteiger partial charge on any atom is 0.276 e. The van der Waals surface area contributed by atoms with Gasteiger partial charge in [-0.05, 0) is 49.2 Å². The molecule has 0 saturated heterocycles. The fraction of sp³-hybridized carbons (Fsp3) is 0.200. The van der Waals surface area contributed by atoms with Gasteiger partial charge in [-0.15, -0.1) is 0 Å². The number of rotatable bonds is 7. The number of halogens is 1. The molecule has 0 unspecified atom stereocenters. The number of hydrogen-bond acceptors (Lipinski definition) is 5. The molecule has 0 aliphatic rings. The Morgan fingerprint density at radius 2 is 1.66 bits per heavy atom. The lowest BCUT2D eigenvalue weighted by atomic mass is 10.1. The number of nitrogens with zero attached hydrogens (tertiary/aromatic N) is 4. The van der Waals surface area contributed by atoms with Crippen molar-refractivity contribution in [3.8, 4) is 5.75 Å². The number of benzene rings is 2. The second kappa shape index (κ2) is 10.0. The Labute approximate surface area is 207 Å². The van der Waals surface area contributed by atoms with Crippen LogP contribution in [-0.2, 0) is 20.7 Å². The van der Waals surface area contributed by atoms with E-state index in [9.17, 15) is 9.59 Å². The zero-order valence-electron chi connectivity index (χ0n) is 19.8. The summed E-state index contributed by atoms with van der Waals surface area (Å²) in [5.41, 5.74) is 4.15. The zero-order valence-corrected chi connectivity index (χ0v) is 20.6. The third-order valence-corrected chi connectivity index (χ3v) is 5.87. The molecule has 2 N–H and O–H groups in total. The molecule has 2 aromatic heterocycles. The van der Waals surface area contributed by atoms with Crippen LogP contribution in [0.2, 0.25) is 5.02 Å². The molecule has 35 heavy (non-hydrogen) atoms. The number of anilines is 2. The largest absolute Gasteiger partial charge is 0.487 e. The summed E-state index contributed by atoms with van der Waals surface area (Å²) in [6.07, 6.45) is 3.01. The number of aryl methyl sites for hydroxylation is 3. The Kier molecular flexibility index (Phi) is 6.88. The second-order valence-corrected chi connectivity index (χ2v) is 8.54. The summed E-state index contributed by atoms with van der Waals surface area (Å²) >= 11 is 6.20. The van der Waals surface area contributed by atoms with Gasteiger partial charge in [-0.1, -0.05) is 29.8 Å². The van der Waals surface area contributed by atoms with E-state index in [0.717, 1.165) is 16.8 Å². The zero-order chi connectivity index (χ0) is 25.1. The van der Waals surface area contributed by atoms with Crippen LogP contribution in [0.5, 0.6) is 5.75 Å². The third-order valence-electron chi connectivity index (χ3n) is 5.56. The van der Waals surface area contributed by atoms with Crippen LogP contribution >= 0.6 is 11.6 Å². The highest BCUT2D eigenvalue weighted by atomic mass is 35.5. The van der Waals surface area contributed by atoms with Gasteiger partial charge >= 0.3 is 0 Å². The average Bonchev–Trinajstić information content (AvgIpc) is 3.36. The number of carbonyl (C=O) groups excluding carboxylic acids is 2. The topological polar surface area (TPSA) is 103 Å². The summed E-state index contributed by atoms with van der Waals surface area (Å²) in [4.78, 5) is 25.9. The number of aromatic nitrogens is 4. The molecule has 0 aliphatic heterocycles. The summed E-state index contributed by atoms with van der Waals surface area (Å²) in [5.74, 6) is -0.204. The lowest BCUT2D eigenvalue weighted by Gasteiger charge is -2.11. The van der Waals surface area contributed by atoms with Crippen molar-refractivity contribution >= 4 is 34.8 Å². The molecule has 4 aromatic rings. The van der Waals surface area contributed by atoms with Crippen LogP contribution in [-0.4, -0.2) is 31.4 Å². The van der Waals surface area contributed by atoms with Crippen molar-refractivity contribution in [2.24, 2.45) is 14.1 Å². The van der Waals surface area contributed by atoms with Crippen LogP contribution in [0, 0.1) is 13.8 Å². The summed E-state index contributed by atoms with van der Waals surface area (Å²) in [6.45, 7) is 4.05. The first-order chi connectivity index (χ1) is 16.7. The fourth-order valence-electron chi connectivity index (χ4n) is 3.48. The summed E-state index contributed by atoms with van der Waals surface area (Å²) in [7, 11) is 3.42. The van der Waals surface area contributed by atoms with Crippen molar-refractivity contribution in [2.45, 2.75) is 20.5 Å². The van der Waals surface area contributed by atoms with Gasteiger partial charge in [0, 0.05) is 19.7 Å². The van der Waals surface area contributed by atoms with Crippen LogP contribution in [0.3, 0.4) is 0 Å². The number of amides is 2. The van der Waals surface area contributed by atoms with Crippen molar-refractivity contribution in [1.82, 2.24) is 19.6 Å². The van der Waals surface area contributed by atoms with Gasteiger partial charge < -0.3 is 15.4 Å². The molecule has 180 valence electrons. The Morgan fingerprint density at radius 3 is 2.40 bits per heavy atom. The quantitative estimate of drug-likeness (QED) is 0.395. The molecule has 0 fully saturated rings. The van der Waals surface area contributed by atoms with Gasteiger partial charge in [0.2, 0.25) is 0 Å². The number of nitrogens with one attached hydrogen (secondary N) is 2. The van der Waals surface area contributed by atoms with Crippen molar-refractivity contribution in [2.75, 3.05) is 10.6 Å². The second-order valence-electron chi connectivity index (χ2n) is 8.13. The van der Waals surface area contributed by atoms with E-state index in [0.29, 0.717) is 27.7 Å².